The van der Waals surface area contributed by atoms with Gasteiger partial charge < -0.3 is 20.4 Å². The van der Waals surface area contributed by atoms with Gasteiger partial charge in [0.05, 0.1) is 11.0 Å². The van der Waals surface area contributed by atoms with E-state index < -0.39 is 30.0 Å². The van der Waals surface area contributed by atoms with Gasteiger partial charge in [0, 0.05) is 68.8 Å². The Hall–Kier alpha value is -5.87. The van der Waals surface area contributed by atoms with Gasteiger partial charge in [0.15, 0.2) is 0 Å². The van der Waals surface area contributed by atoms with Crippen LogP contribution in [0.5, 0.6) is 0 Å². The van der Waals surface area contributed by atoms with Crippen LogP contribution in [-0.4, -0.2) is 37.8 Å². The van der Waals surface area contributed by atoms with Crippen LogP contribution in [0.2, 0.25) is 0 Å². The fourth-order valence-corrected chi connectivity index (χ4v) is 9.94. The Morgan fingerprint density at radius 2 is 1.16 bits per heavy atom. The number of aryl methyl sites for hydroxylation is 4. The zero-order valence-corrected chi connectivity index (χ0v) is 39.5. The molecule has 0 bridgehead atoms. The maximum absolute atomic E-state index is 13.3. The van der Waals surface area contributed by atoms with Crippen LogP contribution in [0, 0.1) is 53.4 Å². The molecule has 4 aromatic carbocycles. The summed E-state index contributed by atoms with van der Waals surface area (Å²) in [5.74, 6) is -0.474. The summed E-state index contributed by atoms with van der Waals surface area (Å²) in [6, 6.07) is 17.3. The highest BCUT2D eigenvalue weighted by molar-refractivity contribution is 7.86. The average molecular weight is 909 g/mol. The van der Waals surface area contributed by atoms with E-state index in [9.17, 15) is 35.5 Å². The summed E-state index contributed by atoms with van der Waals surface area (Å²) in [5, 5.41) is 9.85. The summed E-state index contributed by atoms with van der Waals surface area (Å²) >= 11 is 0. The van der Waals surface area contributed by atoms with Gasteiger partial charge in [0.1, 0.15) is 21.1 Å². The highest BCUT2D eigenvalue weighted by Crippen LogP contribution is 2.44. The first-order valence-corrected chi connectivity index (χ1v) is 24.2. The first-order chi connectivity index (χ1) is 30.1. The van der Waals surface area contributed by atoms with Gasteiger partial charge in [-0.3, -0.25) is 18.7 Å². The second-order valence-electron chi connectivity index (χ2n) is 16.4. The summed E-state index contributed by atoms with van der Waals surface area (Å²) in [4.78, 5) is 30.2. The third kappa shape index (κ3) is 9.48. The maximum Gasteiger partial charge on any atom is 0.296 e. The zero-order chi connectivity index (χ0) is 47.0. The number of hydrogen-bond donors (Lipinski definition) is 5. The molecule has 0 unspecified atom stereocenters. The van der Waals surface area contributed by atoms with Crippen molar-refractivity contribution < 1.29 is 39.9 Å². The monoisotopic (exact) mass is 908 g/mol. The van der Waals surface area contributed by atoms with Crippen molar-refractivity contribution in [1.29, 1.82) is 0 Å². The predicted molar refractivity (Wildman–Crippen MR) is 253 cm³/mol. The van der Waals surface area contributed by atoms with Crippen LogP contribution in [0.15, 0.2) is 85.9 Å². The van der Waals surface area contributed by atoms with Gasteiger partial charge in [0.2, 0.25) is 11.8 Å². The molecule has 0 aromatic heterocycles. The SMILES string of the molecule is CCC(CC)C(=O)Nc1c(C)cc(C)c(N=c2cc3oc4cc(Nc5c(C)cc(C)c(NC(=O)C(CC)CC)c5C)ccc4c(-c4ccccc4S(=O)(=O)O)c-3cc2S(=O)(=O)O)c1C. The van der Waals surface area contributed by atoms with E-state index in [1.54, 1.807) is 38.1 Å². The van der Waals surface area contributed by atoms with Gasteiger partial charge >= 0.3 is 0 Å². The van der Waals surface area contributed by atoms with Crippen molar-refractivity contribution >= 4 is 71.5 Å². The van der Waals surface area contributed by atoms with Gasteiger partial charge in [-0.2, -0.15) is 16.8 Å². The topological polar surface area (TPSA) is 204 Å². The summed E-state index contributed by atoms with van der Waals surface area (Å²) < 4.78 is 80.0. The minimum Gasteiger partial charge on any atom is -0.456 e. The number of carbonyl (C=O) groups excluding carboxylic acids is 2. The van der Waals surface area contributed by atoms with Gasteiger partial charge in [0.25, 0.3) is 20.2 Å². The molecule has 4 aromatic rings. The molecule has 338 valence electrons. The maximum atomic E-state index is 13.3. The molecule has 1 aliphatic carbocycles. The van der Waals surface area contributed by atoms with Crippen LogP contribution in [0.3, 0.4) is 0 Å². The Kier molecular flexibility index (Phi) is 13.9. The number of fused-ring (bicyclic) bond motifs is 2. The molecule has 6 rings (SSSR count). The number of nitrogens with one attached hydrogen (secondary N) is 3. The number of amides is 2. The molecule has 2 aliphatic rings. The fraction of sp³-hybridized carbons (Fsp3) is 0.327. The van der Waals surface area contributed by atoms with E-state index in [1.807, 2.05) is 67.5 Å². The van der Waals surface area contributed by atoms with Crippen LogP contribution in [-0.2, 0) is 29.8 Å². The Balaban J connectivity index is 1.63. The fourth-order valence-electron chi connectivity index (χ4n) is 8.61. The number of rotatable bonds is 14. The smallest absolute Gasteiger partial charge is 0.296 e. The molecule has 2 amide bonds. The highest BCUT2D eigenvalue weighted by Gasteiger charge is 2.28. The molecule has 0 atom stereocenters. The molecule has 0 saturated heterocycles. The minimum atomic E-state index is -5.00. The van der Waals surface area contributed by atoms with Gasteiger partial charge in [-0.1, -0.05) is 58.0 Å². The zero-order valence-electron chi connectivity index (χ0n) is 37.8. The standard InChI is InChI=1S/C49H56N4O9S2/c1-11-32(12-2)48(54)52-46-28(7)21-26(5)44(30(46)9)50-34-19-20-35-39(23-34)62-40-25-38(51-45-27(6)22-29(8)47(31(45)10)53-49(55)33(13-3)14-4)42(64(59,60)61)24-37(40)43(35)36-17-15-16-18-41(36)63(56,57)58/h15-25,32-33,50H,11-14H2,1-10H3,(H,52,54)(H,53,55)(H,56,57,58)(H,59,60,61). The number of nitrogens with zero attached hydrogens (tertiary/aromatic N) is 1. The minimum absolute atomic E-state index is 0.0497. The molecule has 0 fully saturated rings. The Bertz CT molecular complexity index is 3090. The third-order valence-corrected chi connectivity index (χ3v) is 13.9. The van der Waals surface area contributed by atoms with Crippen LogP contribution >= 0.6 is 0 Å². The molecule has 1 aliphatic heterocycles. The number of hydrogen-bond acceptors (Lipinski definition) is 9. The molecule has 5 N–H and O–H groups in total. The first kappa shape index (κ1) is 47.6. The molecule has 13 nitrogen and oxygen atoms in total. The van der Waals surface area contributed by atoms with E-state index in [1.165, 1.54) is 30.3 Å². The molecule has 15 heteroatoms. The first-order valence-electron chi connectivity index (χ1n) is 21.4. The average Bonchev–Trinajstić information content (AvgIpc) is 3.23. The number of carbonyl (C=O) groups is 2. The van der Waals surface area contributed by atoms with E-state index in [4.69, 9.17) is 9.41 Å². The molecule has 0 saturated carbocycles. The van der Waals surface area contributed by atoms with Crippen molar-refractivity contribution in [2.75, 3.05) is 16.0 Å². The molecular formula is C49H56N4O9S2. The van der Waals surface area contributed by atoms with E-state index >= 15 is 0 Å². The summed E-state index contributed by atoms with van der Waals surface area (Å²) in [6.07, 6.45) is 2.71. The number of anilines is 4. The molecular weight excluding hydrogens is 853 g/mol. The van der Waals surface area contributed by atoms with E-state index in [-0.39, 0.29) is 57.0 Å². The molecule has 0 spiro atoms. The lowest BCUT2D eigenvalue weighted by Gasteiger charge is -2.22. The largest absolute Gasteiger partial charge is 0.456 e. The third-order valence-electron chi connectivity index (χ3n) is 12.1. The van der Waals surface area contributed by atoms with Gasteiger partial charge in [-0.25, -0.2) is 4.99 Å². The van der Waals surface area contributed by atoms with E-state index in [0.717, 1.165) is 27.9 Å². The van der Waals surface area contributed by atoms with E-state index in [0.29, 0.717) is 64.9 Å². The molecule has 64 heavy (non-hydrogen) atoms. The van der Waals surface area contributed by atoms with Crippen molar-refractivity contribution in [3.63, 3.8) is 0 Å². The van der Waals surface area contributed by atoms with Gasteiger partial charge in [-0.15, -0.1) is 0 Å². The van der Waals surface area contributed by atoms with Crippen LogP contribution in [0.1, 0.15) is 86.8 Å². The van der Waals surface area contributed by atoms with Crippen molar-refractivity contribution in [1.82, 2.24) is 0 Å². The normalized spacial score (nSPS) is 12.4. The van der Waals surface area contributed by atoms with Crippen LogP contribution in [0.25, 0.3) is 33.4 Å². The van der Waals surface area contributed by atoms with Crippen molar-refractivity contribution in [3.05, 3.63) is 105 Å². The Morgan fingerprint density at radius 3 is 1.72 bits per heavy atom. The van der Waals surface area contributed by atoms with Crippen molar-refractivity contribution in [2.45, 2.75) is 105 Å². The van der Waals surface area contributed by atoms with Crippen molar-refractivity contribution in [2.24, 2.45) is 16.8 Å². The number of benzene rings is 5. The summed E-state index contributed by atoms with van der Waals surface area (Å²) in [7, 11) is -9.81. The Morgan fingerprint density at radius 1 is 0.625 bits per heavy atom. The predicted octanol–water partition coefficient (Wildman–Crippen LogP) is 11.3. The summed E-state index contributed by atoms with van der Waals surface area (Å²) in [6.45, 7) is 19.1. The van der Waals surface area contributed by atoms with Crippen molar-refractivity contribution in [3.8, 4) is 22.5 Å². The lowest BCUT2D eigenvalue weighted by atomic mass is 9.93. The molecule has 1 heterocycles. The molecule has 0 radical (unpaired) electrons. The van der Waals surface area contributed by atoms with E-state index in [2.05, 4.69) is 16.0 Å². The Labute approximate surface area is 375 Å². The lowest BCUT2D eigenvalue weighted by molar-refractivity contribution is -0.120. The second kappa shape index (κ2) is 18.7. The highest BCUT2D eigenvalue weighted by atomic mass is 32.2. The quantitative estimate of drug-likeness (QED) is 0.0516. The van der Waals surface area contributed by atoms with Crippen LogP contribution in [0.4, 0.5) is 28.4 Å². The van der Waals surface area contributed by atoms with Gasteiger partial charge in [-0.05, 0) is 125 Å². The summed E-state index contributed by atoms with van der Waals surface area (Å²) in [5.41, 5.74) is 8.21. The van der Waals surface area contributed by atoms with Crippen LogP contribution < -0.4 is 21.3 Å². The lowest BCUT2D eigenvalue weighted by Crippen LogP contribution is -2.23. The second-order valence-corrected chi connectivity index (χ2v) is 19.2.